The zero-order valence-electron chi connectivity index (χ0n) is 17.4. The molecule has 0 bridgehead atoms. The zero-order valence-corrected chi connectivity index (χ0v) is 18.2. The fourth-order valence-corrected chi connectivity index (χ4v) is 4.69. The summed E-state index contributed by atoms with van der Waals surface area (Å²) in [5, 5.41) is 13.2. The fourth-order valence-electron chi connectivity index (χ4n) is 4.47. The van der Waals surface area contributed by atoms with Crippen LogP contribution >= 0.6 is 11.6 Å². The minimum absolute atomic E-state index is 0.111. The van der Waals surface area contributed by atoms with Crippen molar-refractivity contribution in [2.45, 2.75) is 19.1 Å². The molecule has 0 spiro atoms. The van der Waals surface area contributed by atoms with E-state index in [1.165, 1.54) is 17.2 Å². The molecule has 2 heterocycles. The summed E-state index contributed by atoms with van der Waals surface area (Å²) in [6.07, 6.45) is -1.09. The second-order valence-corrected chi connectivity index (χ2v) is 8.33. The largest absolute Gasteiger partial charge is 0.273 e. The predicted octanol–water partition coefficient (Wildman–Crippen LogP) is 4.61. The number of carbonyl (C=O) groups excluding carboxylic acids is 2. The molecule has 0 radical (unpaired) electrons. The molecule has 2 aliphatic rings. The first-order valence-electron chi connectivity index (χ1n) is 10.3. The number of carbonyl (C=O) groups is 2. The van der Waals surface area contributed by atoms with Gasteiger partial charge in [0.2, 0.25) is 5.91 Å². The molecular formula is C24H18ClN3O5. The van der Waals surface area contributed by atoms with E-state index in [2.05, 4.69) is 0 Å². The van der Waals surface area contributed by atoms with Gasteiger partial charge in [0.1, 0.15) is 5.92 Å². The number of hydroxylamine groups is 1. The number of hydrogen-bond donors (Lipinski definition) is 0. The number of nitro groups is 1. The molecule has 33 heavy (non-hydrogen) atoms. The third-order valence-electron chi connectivity index (χ3n) is 5.98. The van der Waals surface area contributed by atoms with E-state index in [1.807, 2.05) is 31.2 Å². The molecule has 3 atom stereocenters. The molecule has 0 aliphatic carbocycles. The van der Waals surface area contributed by atoms with Gasteiger partial charge in [0.15, 0.2) is 6.10 Å². The van der Waals surface area contributed by atoms with Crippen LogP contribution in [0, 0.1) is 23.0 Å². The number of non-ortho nitro benzene ring substituents is 1. The van der Waals surface area contributed by atoms with Gasteiger partial charge in [-0.05, 0) is 36.2 Å². The summed E-state index contributed by atoms with van der Waals surface area (Å²) >= 11 is 6.27. The first-order valence-corrected chi connectivity index (χ1v) is 10.6. The van der Waals surface area contributed by atoms with Crippen LogP contribution in [0.25, 0.3) is 0 Å². The maximum absolute atomic E-state index is 13.6. The predicted molar refractivity (Wildman–Crippen MR) is 122 cm³/mol. The average Bonchev–Trinajstić information content (AvgIpc) is 3.31. The SMILES string of the molecule is Cc1ccccc1N1OC2C(=O)N(c3ccccc3Cl)C(=O)C2C1c1cccc([N+](=O)[O-])c1. The molecular weight excluding hydrogens is 446 g/mol. The summed E-state index contributed by atoms with van der Waals surface area (Å²) in [6.45, 7) is 1.89. The molecule has 2 amide bonds. The number of benzene rings is 3. The van der Waals surface area contributed by atoms with E-state index >= 15 is 0 Å². The number of halogens is 1. The number of nitrogens with zero attached hydrogens (tertiary/aromatic N) is 3. The van der Waals surface area contributed by atoms with Crippen molar-refractivity contribution in [3.05, 3.63) is 99.1 Å². The highest BCUT2D eigenvalue weighted by molar-refractivity contribution is 6.36. The van der Waals surface area contributed by atoms with Crippen LogP contribution in [-0.4, -0.2) is 22.8 Å². The van der Waals surface area contributed by atoms with E-state index in [1.54, 1.807) is 36.4 Å². The van der Waals surface area contributed by atoms with Gasteiger partial charge < -0.3 is 0 Å². The number of hydrogen-bond acceptors (Lipinski definition) is 6. The molecule has 2 fully saturated rings. The van der Waals surface area contributed by atoms with Gasteiger partial charge in [-0.2, -0.15) is 0 Å². The topological polar surface area (TPSA) is 93.0 Å². The van der Waals surface area contributed by atoms with E-state index < -0.39 is 34.8 Å². The minimum atomic E-state index is -1.09. The summed E-state index contributed by atoms with van der Waals surface area (Å²) < 4.78 is 0. The Bertz CT molecular complexity index is 1300. The molecule has 2 saturated heterocycles. The Kier molecular flexibility index (Phi) is 5.11. The van der Waals surface area contributed by atoms with E-state index in [4.69, 9.17) is 16.4 Å². The Morgan fingerprint density at radius 3 is 2.33 bits per heavy atom. The van der Waals surface area contributed by atoms with Gasteiger partial charge in [-0.15, -0.1) is 0 Å². The van der Waals surface area contributed by atoms with Gasteiger partial charge in [0.05, 0.1) is 27.4 Å². The van der Waals surface area contributed by atoms with Crippen molar-refractivity contribution in [1.29, 1.82) is 0 Å². The summed E-state index contributed by atoms with van der Waals surface area (Å²) in [7, 11) is 0. The van der Waals surface area contributed by atoms with Crippen LogP contribution in [0.3, 0.4) is 0 Å². The summed E-state index contributed by atoms with van der Waals surface area (Å²) in [6, 6.07) is 19.3. The van der Waals surface area contributed by atoms with Gasteiger partial charge in [-0.1, -0.05) is 54.1 Å². The number of amides is 2. The smallest absolute Gasteiger partial charge is 0.269 e. The van der Waals surface area contributed by atoms with E-state index in [0.29, 0.717) is 11.3 Å². The van der Waals surface area contributed by atoms with Gasteiger partial charge in [0.25, 0.3) is 11.6 Å². The number of anilines is 2. The molecule has 0 aromatic heterocycles. The molecule has 0 saturated carbocycles. The second kappa shape index (κ2) is 7.99. The Hall–Kier alpha value is -3.75. The summed E-state index contributed by atoms with van der Waals surface area (Å²) in [4.78, 5) is 45.0. The average molecular weight is 464 g/mol. The van der Waals surface area contributed by atoms with Crippen LogP contribution in [0.15, 0.2) is 72.8 Å². The molecule has 0 N–H and O–H groups in total. The number of para-hydroxylation sites is 2. The van der Waals surface area contributed by atoms with Crippen molar-refractivity contribution in [1.82, 2.24) is 0 Å². The highest BCUT2D eigenvalue weighted by Crippen LogP contribution is 2.49. The van der Waals surface area contributed by atoms with Crippen LogP contribution in [0.2, 0.25) is 5.02 Å². The fraction of sp³-hybridized carbons (Fsp3) is 0.167. The van der Waals surface area contributed by atoms with E-state index in [9.17, 15) is 19.7 Å². The quantitative estimate of drug-likeness (QED) is 0.319. The van der Waals surface area contributed by atoms with Crippen molar-refractivity contribution >= 4 is 40.5 Å². The van der Waals surface area contributed by atoms with Crippen molar-refractivity contribution in [3.8, 4) is 0 Å². The lowest BCUT2D eigenvalue weighted by atomic mass is 9.90. The Morgan fingerprint density at radius 2 is 1.64 bits per heavy atom. The number of nitro benzene ring substituents is 1. The minimum Gasteiger partial charge on any atom is -0.273 e. The zero-order chi connectivity index (χ0) is 23.3. The normalized spacial score (nSPS) is 22.1. The standard InChI is InChI=1S/C24H18ClN3O5/c1-14-7-2-4-11-18(14)27-21(15-8-6-9-16(13-15)28(31)32)20-22(33-27)24(30)26(23(20)29)19-12-5-3-10-17(19)25/h2-13,20-22H,1H3. The van der Waals surface area contributed by atoms with Gasteiger partial charge >= 0.3 is 0 Å². The number of imide groups is 1. The Morgan fingerprint density at radius 1 is 0.939 bits per heavy atom. The van der Waals surface area contributed by atoms with Crippen LogP contribution in [0.5, 0.6) is 0 Å². The van der Waals surface area contributed by atoms with Gasteiger partial charge in [-0.3, -0.25) is 24.5 Å². The maximum atomic E-state index is 13.6. The third kappa shape index (κ3) is 3.35. The lowest BCUT2D eigenvalue weighted by molar-refractivity contribution is -0.384. The molecule has 9 heteroatoms. The van der Waals surface area contributed by atoms with Crippen molar-refractivity contribution in [2.75, 3.05) is 9.96 Å². The molecule has 3 unspecified atom stereocenters. The molecule has 3 aromatic rings. The second-order valence-electron chi connectivity index (χ2n) is 7.92. The highest BCUT2D eigenvalue weighted by atomic mass is 35.5. The van der Waals surface area contributed by atoms with Crippen molar-refractivity contribution < 1.29 is 19.3 Å². The number of fused-ring (bicyclic) bond motifs is 1. The van der Waals surface area contributed by atoms with Crippen LogP contribution in [0.4, 0.5) is 17.1 Å². The lowest BCUT2D eigenvalue weighted by Gasteiger charge is -2.29. The Balaban J connectivity index is 1.64. The lowest BCUT2D eigenvalue weighted by Crippen LogP contribution is -2.37. The van der Waals surface area contributed by atoms with E-state index in [-0.39, 0.29) is 16.4 Å². The molecule has 8 nitrogen and oxygen atoms in total. The van der Waals surface area contributed by atoms with Gasteiger partial charge in [-0.25, -0.2) is 9.96 Å². The van der Waals surface area contributed by atoms with E-state index in [0.717, 1.165) is 10.5 Å². The monoisotopic (exact) mass is 463 g/mol. The first kappa shape index (κ1) is 21.1. The van der Waals surface area contributed by atoms with Crippen molar-refractivity contribution in [2.24, 2.45) is 5.92 Å². The molecule has 2 aliphatic heterocycles. The molecule has 5 rings (SSSR count). The number of rotatable bonds is 4. The van der Waals surface area contributed by atoms with Crippen LogP contribution in [-0.2, 0) is 14.4 Å². The van der Waals surface area contributed by atoms with Crippen LogP contribution < -0.4 is 9.96 Å². The summed E-state index contributed by atoms with van der Waals surface area (Å²) in [5.41, 5.74) is 2.22. The molecule has 166 valence electrons. The number of aryl methyl sites for hydroxylation is 1. The highest BCUT2D eigenvalue weighted by Gasteiger charge is 2.60. The third-order valence-corrected chi connectivity index (χ3v) is 6.30. The van der Waals surface area contributed by atoms with Crippen molar-refractivity contribution in [3.63, 3.8) is 0 Å². The van der Waals surface area contributed by atoms with Gasteiger partial charge in [0, 0.05) is 12.1 Å². The van der Waals surface area contributed by atoms with Crippen LogP contribution in [0.1, 0.15) is 17.2 Å². The molecule has 3 aromatic carbocycles. The Labute approximate surface area is 194 Å². The first-order chi connectivity index (χ1) is 15.9. The summed E-state index contributed by atoms with van der Waals surface area (Å²) in [5.74, 6) is -1.90. The maximum Gasteiger partial charge on any atom is 0.269 e.